The van der Waals surface area contributed by atoms with Gasteiger partial charge in [0.25, 0.3) is 0 Å². The molecule has 10 heteroatoms. The van der Waals surface area contributed by atoms with Gasteiger partial charge in [-0.3, -0.25) is 0 Å². The van der Waals surface area contributed by atoms with E-state index in [1.54, 1.807) is 0 Å². The number of benzene rings is 5. The molecular formula is C22H6Cl10. The van der Waals surface area contributed by atoms with Gasteiger partial charge in [-0.25, -0.2) is 0 Å². The summed E-state index contributed by atoms with van der Waals surface area (Å²) in [5.41, 5.74) is 0. The summed E-state index contributed by atoms with van der Waals surface area (Å²) in [6, 6.07) is 12.0. The molecule has 0 aliphatic rings. The summed E-state index contributed by atoms with van der Waals surface area (Å²) in [6.07, 6.45) is 0. The molecule has 32 heavy (non-hydrogen) atoms. The SMILES string of the molecule is Clc1c(Cl)c2c(Cl)c(Cl)c3c(Cl)c(Cl)c(Cl)c4c(Cl)c(Cl)c(c1Cl)c2c34.c1ccccc1. The van der Waals surface area contributed by atoms with Crippen LogP contribution in [0, 0.1) is 0 Å². The molecule has 0 aliphatic heterocycles. The Kier molecular flexibility index (Phi) is 7.54. The zero-order valence-corrected chi connectivity index (χ0v) is 22.8. The molecule has 0 nitrogen and oxygen atoms in total. The Hall–Kier alpha value is 0.0400. The lowest BCUT2D eigenvalue weighted by atomic mass is 9.93. The first-order valence-electron chi connectivity index (χ1n) is 8.64. The Morgan fingerprint density at radius 1 is 0.219 bits per heavy atom. The highest BCUT2D eigenvalue weighted by Gasteiger charge is 2.29. The molecule has 0 N–H and O–H groups in total. The second-order valence-corrected chi connectivity index (χ2v) is 10.3. The van der Waals surface area contributed by atoms with E-state index in [0.29, 0.717) is 32.3 Å². The molecule has 0 saturated heterocycles. The lowest BCUT2D eigenvalue weighted by molar-refractivity contribution is 1.72. The van der Waals surface area contributed by atoms with Crippen LogP contribution in [-0.2, 0) is 0 Å². The molecule has 0 aliphatic carbocycles. The van der Waals surface area contributed by atoms with Gasteiger partial charge in [-0.1, -0.05) is 152 Å². The van der Waals surface area contributed by atoms with Crippen molar-refractivity contribution in [1.82, 2.24) is 0 Å². The van der Waals surface area contributed by atoms with Crippen LogP contribution in [0.4, 0.5) is 0 Å². The maximum Gasteiger partial charge on any atom is 0.0792 e. The van der Waals surface area contributed by atoms with Crippen molar-refractivity contribution in [3.05, 3.63) is 86.6 Å². The van der Waals surface area contributed by atoms with E-state index < -0.39 is 0 Å². The summed E-state index contributed by atoms with van der Waals surface area (Å²) in [6.45, 7) is 0. The first kappa shape index (κ1) is 25.1. The molecule has 0 bridgehead atoms. The van der Waals surface area contributed by atoms with Crippen molar-refractivity contribution < 1.29 is 0 Å². The minimum absolute atomic E-state index is 0.0744. The fourth-order valence-electron chi connectivity index (χ4n) is 3.47. The molecule has 5 aromatic carbocycles. The highest BCUT2D eigenvalue weighted by atomic mass is 35.5. The Bertz CT molecular complexity index is 1290. The second kappa shape index (κ2) is 9.59. The molecule has 0 radical (unpaired) electrons. The highest BCUT2D eigenvalue weighted by Crippen LogP contribution is 2.58. The van der Waals surface area contributed by atoms with Crippen LogP contribution in [0.3, 0.4) is 0 Å². The van der Waals surface area contributed by atoms with Crippen LogP contribution in [0.2, 0.25) is 50.2 Å². The number of halogens is 10. The lowest BCUT2D eigenvalue weighted by Gasteiger charge is -2.21. The maximum absolute atomic E-state index is 6.49. The Balaban J connectivity index is 0.000000354. The van der Waals surface area contributed by atoms with Crippen LogP contribution < -0.4 is 0 Å². The monoisotopic (exact) mass is 620 g/mol. The summed E-state index contributed by atoms with van der Waals surface area (Å²) in [5.74, 6) is 0. The summed E-state index contributed by atoms with van der Waals surface area (Å²) >= 11 is 64.1. The van der Waals surface area contributed by atoms with Gasteiger partial charge >= 0.3 is 0 Å². The molecule has 0 atom stereocenters. The molecule has 0 aromatic heterocycles. The fourth-order valence-corrected chi connectivity index (χ4v) is 6.40. The topological polar surface area (TPSA) is 0 Å². The van der Waals surface area contributed by atoms with E-state index in [9.17, 15) is 0 Å². The molecule has 5 aromatic rings. The Morgan fingerprint density at radius 2 is 0.375 bits per heavy atom. The van der Waals surface area contributed by atoms with Crippen molar-refractivity contribution in [2.24, 2.45) is 0 Å². The molecule has 0 fully saturated rings. The summed E-state index contributed by atoms with van der Waals surface area (Å²) in [4.78, 5) is 0. The van der Waals surface area contributed by atoms with Gasteiger partial charge in [-0.15, -0.1) is 0 Å². The maximum atomic E-state index is 6.49. The van der Waals surface area contributed by atoms with Gasteiger partial charge < -0.3 is 0 Å². The number of hydrogen-bond donors (Lipinski definition) is 0. The van der Waals surface area contributed by atoms with E-state index in [0.717, 1.165) is 0 Å². The molecule has 164 valence electrons. The molecule has 0 amide bonds. The largest absolute Gasteiger partial charge is 0.0819 e. The first-order valence-corrected chi connectivity index (χ1v) is 12.4. The van der Waals surface area contributed by atoms with Crippen LogP contribution in [-0.4, -0.2) is 0 Å². The van der Waals surface area contributed by atoms with Crippen LogP contribution >= 0.6 is 116 Å². The third kappa shape index (κ3) is 3.76. The van der Waals surface area contributed by atoms with Gasteiger partial charge in [0.2, 0.25) is 0 Å². The molecular weight excluding hydrogens is 619 g/mol. The predicted octanol–water partition coefficient (Wildman–Crippen LogP) is 12.8. The standard InChI is InChI=1S/C16Cl10.C6H6/c17-7-3-1-2-5(9(7)19)13(23)16(26)14(24)6(2)10(20)8(18)4(1)12(22)15(25)11(3)21;1-2-4-6-5-3-1/h;1-6H. The van der Waals surface area contributed by atoms with Crippen molar-refractivity contribution in [2.45, 2.75) is 0 Å². The first-order chi connectivity index (χ1) is 15.1. The molecule has 0 spiro atoms. The van der Waals surface area contributed by atoms with E-state index in [4.69, 9.17) is 116 Å². The smallest absolute Gasteiger partial charge is 0.0792 e. The zero-order chi connectivity index (χ0) is 23.5. The number of hydrogen-bond acceptors (Lipinski definition) is 0. The van der Waals surface area contributed by atoms with Crippen molar-refractivity contribution in [1.29, 1.82) is 0 Å². The summed E-state index contributed by atoms with van der Waals surface area (Å²) in [5, 5.41) is 3.65. The van der Waals surface area contributed by atoms with Crippen LogP contribution in [0.15, 0.2) is 36.4 Å². The average molecular weight is 625 g/mol. The third-order valence-corrected chi connectivity index (χ3v) is 9.19. The highest BCUT2D eigenvalue weighted by molar-refractivity contribution is 6.65. The lowest BCUT2D eigenvalue weighted by Crippen LogP contribution is -1.94. The van der Waals surface area contributed by atoms with Gasteiger partial charge in [0.1, 0.15) is 0 Å². The second-order valence-electron chi connectivity index (χ2n) is 6.54. The van der Waals surface area contributed by atoms with E-state index >= 15 is 0 Å². The normalized spacial score (nSPS) is 11.4. The summed E-state index contributed by atoms with van der Waals surface area (Å²) < 4.78 is 0. The molecule has 5 rings (SSSR count). The van der Waals surface area contributed by atoms with Gasteiger partial charge in [-0.2, -0.15) is 0 Å². The number of rotatable bonds is 0. The fraction of sp³-hybridized carbons (Fsp3) is 0. The minimum Gasteiger partial charge on any atom is -0.0819 e. The van der Waals surface area contributed by atoms with Crippen LogP contribution in [0.1, 0.15) is 0 Å². The minimum atomic E-state index is 0.0744. The average Bonchev–Trinajstić information content (AvgIpc) is 2.79. The van der Waals surface area contributed by atoms with Gasteiger partial charge in [-0.05, 0) is 0 Å². The van der Waals surface area contributed by atoms with Gasteiger partial charge in [0, 0.05) is 32.3 Å². The Morgan fingerprint density at radius 3 is 0.562 bits per heavy atom. The summed E-state index contributed by atoms with van der Waals surface area (Å²) in [7, 11) is 0. The van der Waals surface area contributed by atoms with Crippen LogP contribution in [0.25, 0.3) is 32.3 Å². The Labute approximate surface area is 233 Å². The van der Waals surface area contributed by atoms with Crippen molar-refractivity contribution in [2.75, 3.05) is 0 Å². The van der Waals surface area contributed by atoms with Crippen LogP contribution in [0.5, 0.6) is 0 Å². The van der Waals surface area contributed by atoms with Crippen molar-refractivity contribution in [3.8, 4) is 0 Å². The van der Waals surface area contributed by atoms with Crippen molar-refractivity contribution >= 4 is 148 Å². The predicted molar refractivity (Wildman–Crippen MR) is 147 cm³/mol. The molecule has 0 saturated carbocycles. The third-order valence-electron chi connectivity index (χ3n) is 4.83. The van der Waals surface area contributed by atoms with E-state index in [1.165, 1.54) is 0 Å². The molecule has 0 heterocycles. The van der Waals surface area contributed by atoms with Gasteiger partial charge in [0.05, 0.1) is 50.2 Å². The zero-order valence-electron chi connectivity index (χ0n) is 15.2. The quantitative estimate of drug-likeness (QED) is 0.119. The van der Waals surface area contributed by atoms with E-state index in [-0.39, 0.29) is 50.2 Å². The van der Waals surface area contributed by atoms with E-state index in [1.807, 2.05) is 36.4 Å². The van der Waals surface area contributed by atoms with E-state index in [2.05, 4.69) is 0 Å². The molecule has 0 unspecified atom stereocenters. The van der Waals surface area contributed by atoms with Crippen molar-refractivity contribution in [3.63, 3.8) is 0 Å². The van der Waals surface area contributed by atoms with Gasteiger partial charge in [0.15, 0.2) is 0 Å².